The lowest BCUT2D eigenvalue weighted by Gasteiger charge is -2.10. The molecule has 0 fully saturated rings. The largest absolute Gasteiger partial charge is 0.478 e. The average molecular weight is 748 g/mol. The highest BCUT2D eigenvalue weighted by Crippen LogP contribution is 2.34. The fraction of sp³-hybridized carbons (Fsp3) is 0. The number of ether oxygens (including phenoxy) is 2. The Bertz CT molecular complexity index is 1410. The zero-order chi connectivity index (χ0) is 26.6. The van der Waals surface area contributed by atoms with E-state index in [2.05, 4.69) is 63.7 Å². The number of hydrogen-bond donors (Lipinski definition) is 2. The van der Waals surface area contributed by atoms with Gasteiger partial charge in [0.05, 0.1) is 14.5 Å². The Labute approximate surface area is 237 Å². The van der Waals surface area contributed by atoms with Crippen LogP contribution in [0.25, 0.3) is 6.08 Å². The molecule has 0 aliphatic heterocycles. The molecule has 0 aromatic heterocycles. The Morgan fingerprint density at radius 3 is 1.64 bits per heavy atom. The van der Waals surface area contributed by atoms with Crippen LogP contribution in [0, 0.1) is 0 Å². The van der Waals surface area contributed by atoms with Gasteiger partial charge < -0.3 is 19.7 Å². The lowest BCUT2D eigenvalue weighted by atomic mass is 10.1. The van der Waals surface area contributed by atoms with Crippen molar-refractivity contribution < 1.29 is 38.9 Å². The molecule has 0 aliphatic rings. The lowest BCUT2D eigenvalue weighted by molar-refractivity contribution is -0.128. The molecule has 0 saturated carbocycles. The molecule has 2 N–H and O–H groups in total. The third-order valence-corrected chi connectivity index (χ3v) is 6.53. The second kappa shape index (κ2) is 12.0. The van der Waals surface area contributed by atoms with E-state index in [1.807, 2.05) is 0 Å². The third-order valence-electron chi connectivity index (χ3n) is 4.43. The van der Waals surface area contributed by atoms with E-state index in [-0.39, 0.29) is 37.1 Å². The molecular weight excluding hydrogens is 736 g/mol. The molecule has 0 atom stereocenters. The van der Waals surface area contributed by atoms with E-state index in [1.165, 1.54) is 42.5 Å². The summed E-state index contributed by atoms with van der Waals surface area (Å²) < 4.78 is 12.0. The molecule has 0 heterocycles. The van der Waals surface area contributed by atoms with Crippen LogP contribution in [0.5, 0.6) is 11.5 Å². The van der Waals surface area contributed by atoms with E-state index in [0.29, 0.717) is 14.5 Å². The summed E-state index contributed by atoms with van der Waals surface area (Å²) in [4.78, 5) is 47.8. The number of esters is 2. The van der Waals surface area contributed by atoms with Crippen molar-refractivity contribution in [1.82, 2.24) is 0 Å². The first-order valence-corrected chi connectivity index (χ1v) is 12.8. The minimum absolute atomic E-state index is 0.137. The fourth-order valence-corrected chi connectivity index (χ4v) is 5.44. The first kappa shape index (κ1) is 27.8. The fourth-order valence-electron chi connectivity index (χ4n) is 2.83. The number of benzene rings is 3. The van der Waals surface area contributed by atoms with E-state index >= 15 is 0 Å². The summed E-state index contributed by atoms with van der Waals surface area (Å²) in [6.45, 7) is 0. The quantitative estimate of drug-likeness (QED) is 0.151. The summed E-state index contributed by atoms with van der Waals surface area (Å²) in [7, 11) is 0. The highest BCUT2D eigenvalue weighted by atomic mass is 79.9. The number of rotatable bonds is 7. The van der Waals surface area contributed by atoms with Crippen molar-refractivity contribution in [2.45, 2.75) is 0 Å². The lowest BCUT2D eigenvalue weighted by Crippen LogP contribution is -2.12. The van der Waals surface area contributed by atoms with Crippen LogP contribution in [0.1, 0.15) is 36.6 Å². The summed E-state index contributed by atoms with van der Waals surface area (Å²) in [6, 6.07) is 11.7. The first-order chi connectivity index (χ1) is 17.0. The summed E-state index contributed by atoms with van der Waals surface area (Å²) >= 11 is 12.7. The minimum atomic E-state index is -1.27. The van der Waals surface area contributed by atoms with Gasteiger partial charge in [0.25, 0.3) is 0 Å². The number of carbonyl (C=O) groups excluding carboxylic acids is 2. The van der Waals surface area contributed by atoms with E-state index in [1.54, 1.807) is 12.1 Å². The molecule has 0 radical (unpaired) electrons. The molecule has 0 amide bonds. The maximum atomic E-state index is 12.6. The average Bonchev–Trinajstić information content (AvgIpc) is 2.80. The molecular formula is C24H12Br4O8. The van der Waals surface area contributed by atoms with Gasteiger partial charge >= 0.3 is 23.9 Å². The van der Waals surface area contributed by atoms with Crippen LogP contribution < -0.4 is 9.47 Å². The Morgan fingerprint density at radius 2 is 1.17 bits per heavy atom. The second-order valence-corrected chi connectivity index (χ2v) is 10.4. The standard InChI is InChI=1S/C24H12Br4O8/c25-13-7-15(22(30)31)20(17(27)9-13)35-19(29)6-3-11-1-4-12(5-2-11)24(34)36-21-16(23(32)33)8-14(26)10-18(21)28/h1-10H,(H,30,31)(H,32,33)/b6-3+. The van der Waals surface area contributed by atoms with Crippen molar-refractivity contribution in [2.75, 3.05) is 0 Å². The predicted octanol–water partition coefficient (Wildman–Crippen LogP) is 6.97. The summed E-state index contributed by atoms with van der Waals surface area (Å²) in [5, 5.41) is 18.7. The maximum absolute atomic E-state index is 12.6. The van der Waals surface area contributed by atoms with Gasteiger partial charge in [-0.25, -0.2) is 19.2 Å². The summed E-state index contributed by atoms with van der Waals surface area (Å²) in [5.74, 6) is -4.41. The number of carboxylic acid groups (broad SMARTS) is 2. The second-order valence-electron chi connectivity index (χ2n) is 6.90. The molecule has 3 aromatic carbocycles. The Morgan fingerprint density at radius 1 is 0.694 bits per heavy atom. The predicted molar refractivity (Wildman–Crippen MR) is 144 cm³/mol. The van der Waals surface area contributed by atoms with Crippen LogP contribution in [-0.4, -0.2) is 34.1 Å². The van der Waals surface area contributed by atoms with E-state index in [4.69, 9.17) is 9.47 Å². The highest BCUT2D eigenvalue weighted by molar-refractivity contribution is 9.11. The molecule has 0 spiro atoms. The Balaban J connectivity index is 1.72. The normalized spacial score (nSPS) is 10.8. The van der Waals surface area contributed by atoms with Crippen LogP contribution in [0.15, 0.2) is 72.5 Å². The summed E-state index contributed by atoms with van der Waals surface area (Å²) in [6.07, 6.45) is 2.52. The van der Waals surface area contributed by atoms with Gasteiger partial charge in [0.15, 0.2) is 11.5 Å². The molecule has 36 heavy (non-hydrogen) atoms. The van der Waals surface area contributed by atoms with Gasteiger partial charge in [0.1, 0.15) is 11.1 Å². The van der Waals surface area contributed by atoms with E-state index < -0.39 is 23.9 Å². The Kier molecular flexibility index (Phi) is 9.23. The molecule has 8 nitrogen and oxygen atoms in total. The molecule has 0 unspecified atom stereocenters. The third kappa shape index (κ3) is 6.90. The first-order valence-electron chi connectivity index (χ1n) is 9.63. The van der Waals surface area contributed by atoms with Gasteiger partial charge in [0.2, 0.25) is 0 Å². The number of carboxylic acids is 2. The molecule has 0 saturated heterocycles. The van der Waals surface area contributed by atoms with Crippen LogP contribution in [0.2, 0.25) is 0 Å². The van der Waals surface area contributed by atoms with E-state index in [9.17, 15) is 29.4 Å². The minimum Gasteiger partial charge on any atom is -0.478 e. The maximum Gasteiger partial charge on any atom is 0.343 e. The molecule has 3 aromatic rings. The van der Waals surface area contributed by atoms with Crippen molar-refractivity contribution in [3.63, 3.8) is 0 Å². The van der Waals surface area contributed by atoms with Crippen LogP contribution in [-0.2, 0) is 4.79 Å². The van der Waals surface area contributed by atoms with Gasteiger partial charge in [-0.3, -0.25) is 0 Å². The highest BCUT2D eigenvalue weighted by Gasteiger charge is 2.20. The van der Waals surface area contributed by atoms with E-state index in [0.717, 1.165) is 6.08 Å². The monoisotopic (exact) mass is 744 g/mol. The SMILES string of the molecule is O=C(/C=C/c1ccc(C(=O)Oc2c(Br)cc(Br)cc2C(=O)O)cc1)Oc1c(Br)cc(Br)cc1C(=O)O. The summed E-state index contributed by atoms with van der Waals surface area (Å²) in [5.41, 5.74) is 0.272. The number of carbonyl (C=O) groups is 4. The molecule has 0 aliphatic carbocycles. The van der Waals surface area contributed by atoms with Gasteiger partial charge in [0, 0.05) is 15.0 Å². The number of hydrogen-bond acceptors (Lipinski definition) is 6. The van der Waals surface area contributed by atoms with Gasteiger partial charge in [-0.2, -0.15) is 0 Å². The Hall–Kier alpha value is -2.80. The van der Waals surface area contributed by atoms with Gasteiger partial charge in [-0.15, -0.1) is 0 Å². The molecule has 0 bridgehead atoms. The van der Waals surface area contributed by atoms with Crippen LogP contribution in [0.4, 0.5) is 0 Å². The van der Waals surface area contributed by atoms with Gasteiger partial charge in [-0.1, -0.05) is 44.0 Å². The number of aromatic carboxylic acids is 2. The zero-order valence-electron chi connectivity index (χ0n) is 17.6. The van der Waals surface area contributed by atoms with Crippen molar-refractivity contribution in [3.8, 4) is 11.5 Å². The number of halogens is 4. The zero-order valence-corrected chi connectivity index (χ0v) is 24.0. The van der Waals surface area contributed by atoms with Crippen LogP contribution >= 0.6 is 63.7 Å². The van der Waals surface area contributed by atoms with Crippen molar-refractivity contribution in [3.05, 3.63) is 94.8 Å². The van der Waals surface area contributed by atoms with Crippen LogP contribution in [0.3, 0.4) is 0 Å². The van der Waals surface area contributed by atoms with Crippen molar-refractivity contribution in [1.29, 1.82) is 0 Å². The van der Waals surface area contributed by atoms with Crippen molar-refractivity contribution in [2.24, 2.45) is 0 Å². The smallest absolute Gasteiger partial charge is 0.343 e. The van der Waals surface area contributed by atoms with Crippen molar-refractivity contribution >= 4 is 93.7 Å². The van der Waals surface area contributed by atoms with Gasteiger partial charge in [-0.05, 0) is 79.9 Å². The topological polar surface area (TPSA) is 127 Å². The molecule has 184 valence electrons. The molecule has 3 rings (SSSR count). The molecule has 12 heteroatoms.